The summed E-state index contributed by atoms with van der Waals surface area (Å²) in [6.07, 6.45) is 35.7. The Bertz CT molecular complexity index is 1050. The second-order valence-corrected chi connectivity index (χ2v) is 15.1. The first-order valence-corrected chi connectivity index (χ1v) is 22.2. The fourth-order valence-electron chi connectivity index (χ4n) is 6.50. The van der Waals surface area contributed by atoms with Gasteiger partial charge in [0.1, 0.15) is 31.0 Å². The Hall–Kier alpha value is -2.34. The third-order valence-electron chi connectivity index (χ3n) is 9.99. The van der Waals surface area contributed by atoms with Crippen molar-refractivity contribution < 1.29 is 49.0 Å². The molecule has 1 heterocycles. The monoisotopic (exact) mass is 793 g/mol. The molecule has 4 N–H and O–H groups in total. The Morgan fingerprint density at radius 1 is 0.571 bits per heavy atom. The number of carbonyl (C=O) groups is 2. The molecule has 1 rings (SSSR count). The van der Waals surface area contributed by atoms with E-state index in [9.17, 15) is 30.0 Å². The third-order valence-corrected chi connectivity index (χ3v) is 9.99. The Morgan fingerprint density at radius 2 is 1.05 bits per heavy atom. The number of allylic oxidation sites excluding steroid dienone is 8. The summed E-state index contributed by atoms with van der Waals surface area (Å²) in [5, 5.41) is 40.0. The fraction of sp³-hybridized carbons (Fsp3) is 0.783. The van der Waals surface area contributed by atoms with E-state index >= 15 is 0 Å². The predicted octanol–water partition coefficient (Wildman–Crippen LogP) is 9.27. The van der Waals surface area contributed by atoms with Crippen LogP contribution >= 0.6 is 0 Å². The average molecular weight is 793 g/mol. The second kappa shape index (κ2) is 37.0. The maximum Gasteiger partial charge on any atom is 0.306 e. The lowest BCUT2D eigenvalue weighted by atomic mass is 9.99. The highest BCUT2D eigenvalue weighted by atomic mass is 16.7. The van der Waals surface area contributed by atoms with Gasteiger partial charge in [-0.05, 0) is 38.5 Å². The van der Waals surface area contributed by atoms with Crippen LogP contribution in [0.1, 0.15) is 174 Å². The SMILES string of the molecule is CC/C=C\C/C=C\C/C=C\C/C=C\CCC(=O)OC(COC(=O)CCCCCCCCCCCCCCCCCCCC)COC1OC(CO)C(O)C(O)C1O. The van der Waals surface area contributed by atoms with Crippen LogP contribution in [0.5, 0.6) is 0 Å². The van der Waals surface area contributed by atoms with Crippen LogP contribution in [0.15, 0.2) is 48.6 Å². The number of ether oxygens (including phenoxy) is 4. The number of aliphatic hydroxyl groups excluding tert-OH is 4. The Balaban J connectivity index is 2.34. The summed E-state index contributed by atoms with van der Waals surface area (Å²) in [5.41, 5.74) is 0. The molecule has 1 saturated heterocycles. The van der Waals surface area contributed by atoms with Crippen molar-refractivity contribution in [1.29, 1.82) is 0 Å². The molecule has 0 saturated carbocycles. The molecule has 6 unspecified atom stereocenters. The van der Waals surface area contributed by atoms with Crippen LogP contribution < -0.4 is 0 Å². The van der Waals surface area contributed by atoms with Gasteiger partial charge in [0, 0.05) is 12.8 Å². The molecular weight excluding hydrogens is 712 g/mol. The van der Waals surface area contributed by atoms with Crippen LogP contribution in [-0.4, -0.2) is 89.0 Å². The number of hydrogen-bond donors (Lipinski definition) is 4. The number of hydrogen-bond acceptors (Lipinski definition) is 10. The van der Waals surface area contributed by atoms with Crippen molar-refractivity contribution in [3.8, 4) is 0 Å². The minimum atomic E-state index is -1.61. The lowest BCUT2D eigenvalue weighted by Gasteiger charge is -2.39. The van der Waals surface area contributed by atoms with Crippen LogP contribution in [-0.2, 0) is 28.5 Å². The van der Waals surface area contributed by atoms with Gasteiger partial charge in [-0.25, -0.2) is 0 Å². The van der Waals surface area contributed by atoms with Gasteiger partial charge in [-0.15, -0.1) is 0 Å². The van der Waals surface area contributed by atoms with Crippen LogP contribution in [0.25, 0.3) is 0 Å². The van der Waals surface area contributed by atoms with Gasteiger partial charge < -0.3 is 39.4 Å². The molecule has 10 heteroatoms. The molecule has 0 aromatic rings. The summed E-state index contributed by atoms with van der Waals surface area (Å²) in [5.74, 6) is -0.899. The summed E-state index contributed by atoms with van der Waals surface area (Å²) >= 11 is 0. The average Bonchev–Trinajstić information content (AvgIpc) is 3.19. The predicted molar refractivity (Wildman–Crippen MR) is 224 cm³/mol. The molecule has 1 fully saturated rings. The molecule has 324 valence electrons. The van der Waals surface area contributed by atoms with Gasteiger partial charge in [0.2, 0.25) is 0 Å². The minimum absolute atomic E-state index is 0.109. The molecule has 1 aliphatic rings. The van der Waals surface area contributed by atoms with Gasteiger partial charge in [-0.1, -0.05) is 172 Å². The van der Waals surface area contributed by atoms with Crippen LogP contribution in [0, 0.1) is 0 Å². The van der Waals surface area contributed by atoms with Crippen molar-refractivity contribution in [3.63, 3.8) is 0 Å². The first-order valence-electron chi connectivity index (χ1n) is 22.2. The molecule has 0 aliphatic carbocycles. The summed E-state index contributed by atoms with van der Waals surface area (Å²) in [6, 6.07) is 0. The topological polar surface area (TPSA) is 152 Å². The number of rotatable bonds is 36. The largest absolute Gasteiger partial charge is 0.462 e. The standard InChI is InChI=1S/C46H80O10/c1-3-5-7-9-11-13-15-17-18-19-20-21-23-24-26-28-30-32-34-41(48)53-37-39(38-54-46-45(52)44(51)43(50)40(36-47)56-46)55-42(49)35-33-31-29-27-25-22-16-14-12-10-8-6-4-2/h6,8,12,14,22,25,29,31,39-40,43-47,50-52H,3-5,7,9-11,13,15-21,23-24,26-28,30,32-38H2,1-2H3/b8-6-,14-12-,25-22-,31-29-. The molecule has 1 aliphatic heterocycles. The van der Waals surface area contributed by atoms with Gasteiger partial charge in [-0.2, -0.15) is 0 Å². The molecule has 0 aromatic heterocycles. The van der Waals surface area contributed by atoms with Gasteiger partial charge in [-0.3, -0.25) is 9.59 Å². The Labute approximate surface area is 339 Å². The lowest BCUT2D eigenvalue weighted by Crippen LogP contribution is -2.59. The highest BCUT2D eigenvalue weighted by molar-refractivity contribution is 5.70. The zero-order chi connectivity index (χ0) is 40.9. The molecule has 0 radical (unpaired) electrons. The van der Waals surface area contributed by atoms with E-state index in [0.717, 1.165) is 44.9 Å². The van der Waals surface area contributed by atoms with Gasteiger partial charge in [0.15, 0.2) is 12.4 Å². The van der Waals surface area contributed by atoms with Crippen molar-refractivity contribution in [3.05, 3.63) is 48.6 Å². The molecule has 56 heavy (non-hydrogen) atoms. The molecule has 0 bridgehead atoms. The highest BCUT2D eigenvalue weighted by Crippen LogP contribution is 2.22. The first-order chi connectivity index (χ1) is 27.3. The maximum atomic E-state index is 12.7. The van der Waals surface area contributed by atoms with Gasteiger partial charge >= 0.3 is 11.9 Å². The van der Waals surface area contributed by atoms with Gasteiger partial charge in [0.25, 0.3) is 0 Å². The number of unbranched alkanes of at least 4 members (excludes halogenated alkanes) is 17. The maximum absolute atomic E-state index is 12.7. The Kier molecular flexibility index (Phi) is 34.1. The van der Waals surface area contributed by atoms with Crippen molar-refractivity contribution in [1.82, 2.24) is 0 Å². The summed E-state index contributed by atoms with van der Waals surface area (Å²) in [6.45, 7) is 3.24. The van der Waals surface area contributed by atoms with E-state index in [1.165, 1.54) is 96.3 Å². The molecule has 0 aromatic carbocycles. The quantitative estimate of drug-likeness (QED) is 0.0275. The zero-order valence-corrected chi connectivity index (χ0v) is 35.1. The molecule has 0 spiro atoms. The van der Waals surface area contributed by atoms with Crippen molar-refractivity contribution in [2.45, 2.75) is 211 Å². The smallest absolute Gasteiger partial charge is 0.306 e. The minimum Gasteiger partial charge on any atom is -0.462 e. The van der Waals surface area contributed by atoms with Crippen molar-refractivity contribution >= 4 is 11.9 Å². The summed E-state index contributed by atoms with van der Waals surface area (Å²) in [7, 11) is 0. The van der Waals surface area contributed by atoms with Crippen molar-refractivity contribution in [2.75, 3.05) is 19.8 Å². The normalized spacial score (nSPS) is 20.9. The molecule has 0 amide bonds. The van der Waals surface area contributed by atoms with Crippen LogP contribution in [0.3, 0.4) is 0 Å². The van der Waals surface area contributed by atoms with Crippen LogP contribution in [0.4, 0.5) is 0 Å². The molecule has 6 atom stereocenters. The van der Waals surface area contributed by atoms with E-state index < -0.39 is 55.4 Å². The van der Waals surface area contributed by atoms with E-state index in [1.54, 1.807) is 0 Å². The van der Waals surface area contributed by atoms with Crippen LogP contribution in [0.2, 0.25) is 0 Å². The van der Waals surface area contributed by atoms with E-state index in [-0.39, 0.29) is 26.1 Å². The van der Waals surface area contributed by atoms with E-state index in [4.69, 9.17) is 18.9 Å². The number of carbonyl (C=O) groups excluding carboxylic acids is 2. The van der Waals surface area contributed by atoms with E-state index in [1.807, 2.05) is 12.2 Å². The summed E-state index contributed by atoms with van der Waals surface area (Å²) < 4.78 is 22.0. The fourth-order valence-corrected chi connectivity index (χ4v) is 6.50. The number of aliphatic hydroxyl groups is 4. The molecular formula is C46H80O10. The third kappa shape index (κ3) is 28.1. The lowest BCUT2D eigenvalue weighted by molar-refractivity contribution is -0.305. The summed E-state index contributed by atoms with van der Waals surface area (Å²) in [4.78, 5) is 25.3. The van der Waals surface area contributed by atoms with Gasteiger partial charge in [0.05, 0.1) is 13.2 Å². The second-order valence-electron chi connectivity index (χ2n) is 15.1. The van der Waals surface area contributed by atoms with E-state index in [2.05, 4.69) is 50.3 Å². The van der Waals surface area contributed by atoms with Crippen molar-refractivity contribution in [2.24, 2.45) is 0 Å². The zero-order valence-electron chi connectivity index (χ0n) is 35.1. The van der Waals surface area contributed by atoms with E-state index in [0.29, 0.717) is 6.42 Å². The highest BCUT2D eigenvalue weighted by Gasteiger charge is 2.44. The Morgan fingerprint density at radius 3 is 1.55 bits per heavy atom. The molecule has 10 nitrogen and oxygen atoms in total. The first kappa shape index (κ1) is 51.7. The number of esters is 2.